The molecule has 5 heterocycles. The Kier molecular flexibility index (Phi) is 15.9. The number of anilines is 2. The molecule has 1 aliphatic heterocycles. The first-order chi connectivity index (χ1) is 29.5. The number of hydrogen-bond donors (Lipinski definition) is 1. The molecule has 4 aromatic heterocycles. The Morgan fingerprint density at radius 3 is 1.66 bits per heavy atom. The summed E-state index contributed by atoms with van der Waals surface area (Å²) in [5.74, 6) is 3.36. The molecule has 1 saturated heterocycles. The van der Waals surface area contributed by atoms with Gasteiger partial charge < -0.3 is 24.4 Å². The summed E-state index contributed by atoms with van der Waals surface area (Å²) in [4.78, 5) is 57.4. The fourth-order valence-corrected chi connectivity index (χ4v) is 8.44. The fourth-order valence-electron chi connectivity index (χ4n) is 8.44. The summed E-state index contributed by atoms with van der Waals surface area (Å²) in [5, 5.41) is 9.20. The SMILES string of the molecule is CN(CC(=O)CC(C)(C)C)c1nc(-c2cc(CCO)ccn2)nc2c1CCC2.CN(CC(=O)CC(C)(C)C)c1nc(-c2cc(CCOC3CCCCO3)ccn2)nc2c1CCC2. The molecule has 1 atom stereocenters. The first-order valence-electron chi connectivity index (χ1n) is 22.5. The van der Waals surface area contributed by atoms with Crippen LogP contribution in [0.15, 0.2) is 36.7 Å². The first kappa shape index (κ1) is 46.8. The third-order valence-electron chi connectivity index (χ3n) is 11.2. The van der Waals surface area contributed by atoms with Gasteiger partial charge in [0.2, 0.25) is 0 Å². The maximum Gasteiger partial charge on any atom is 0.180 e. The molecule has 3 aliphatic rings. The summed E-state index contributed by atoms with van der Waals surface area (Å²) in [5.41, 5.74) is 8.04. The van der Waals surface area contributed by atoms with E-state index in [-0.39, 0.29) is 35.3 Å². The molecular weight excluding hydrogens is 781 g/mol. The van der Waals surface area contributed by atoms with E-state index < -0.39 is 0 Å². The zero-order chi connectivity index (χ0) is 44.4. The number of pyridine rings is 2. The molecular formula is C49H68N8O5. The van der Waals surface area contributed by atoms with Crippen molar-refractivity contribution in [3.63, 3.8) is 0 Å². The summed E-state index contributed by atoms with van der Waals surface area (Å²) in [7, 11) is 3.89. The Hall–Kier alpha value is -4.72. The van der Waals surface area contributed by atoms with Gasteiger partial charge in [0.05, 0.1) is 19.7 Å². The Morgan fingerprint density at radius 1 is 0.710 bits per heavy atom. The third-order valence-corrected chi connectivity index (χ3v) is 11.2. The number of ether oxygens (including phenoxy) is 2. The van der Waals surface area contributed by atoms with Crippen molar-refractivity contribution in [3.05, 3.63) is 70.3 Å². The van der Waals surface area contributed by atoms with Gasteiger partial charge in [-0.25, -0.2) is 19.9 Å². The van der Waals surface area contributed by atoms with Gasteiger partial charge in [-0.05, 0) is 117 Å². The minimum absolute atomic E-state index is 0.0200. The maximum absolute atomic E-state index is 12.6. The highest BCUT2D eigenvalue weighted by atomic mass is 16.7. The van der Waals surface area contributed by atoms with E-state index in [1.807, 2.05) is 48.3 Å². The number of hydrogen-bond acceptors (Lipinski definition) is 13. The predicted octanol–water partition coefficient (Wildman–Crippen LogP) is 7.56. The van der Waals surface area contributed by atoms with E-state index in [4.69, 9.17) is 29.4 Å². The number of likely N-dealkylation sites (N-methyl/N-ethyl adjacent to an activating group) is 2. The lowest BCUT2D eigenvalue weighted by atomic mass is 9.90. The van der Waals surface area contributed by atoms with Crippen LogP contribution in [0.25, 0.3) is 23.0 Å². The topological polar surface area (TPSA) is 157 Å². The summed E-state index contributed by atoms with van der Waals surface area (Å²) in [6.45, 7) is 14.7. The second-order valence-corrected chi connectivity index (χ2v) is 19.6. The van der Waals surface area contributed by atoms with Gasteiger partial charge >= 0.3 is 0 Å². The van der Waals surface area contributed by atoms with Gasteiger partial charge in [-0.1, -0.05) is 41.5 Å². The van der Waals surface area contributed by atoms with E-state index in [2.05, 4.69) is 57.6 Å². The number of fused-ring (bicyclic) bond motifs is 2. The zero-order valence-corrected chi connectivity index (χ0v) is 38.4. The van der Waals surface area contributed by atoms with Crippen LogP contribution in [0.1, 0.15) is 120 Å². The third kappa shape index (κ3) is 13.4. The summed E-state index contributed by atoms with van der Waals surface area (Å²) < 4.78 is 11.6. The number of aryl methyl sites for hydroxylation is 2. The van der Waals surface area contributed by atoms with Crippen molar-refractivity contribution in [2.24, 2.45) is 10.8 Å². The second kappa shape index (κ2) is 21.1. The number of aliphatic hydroxyl groups excluding tert-OH is 1. The van der Waals surface area contributed by atoms with Crippen LogP contribution in [0.2, 0.25) is 0 Å². The van der Waals surface area contributed by atoms with Crippen molar-refractivity contribution < 1.29 is 24.2 Å². The maximum atomic E-state index is 12.6. The standard InChI is InChI=1S/C27H38N4O3.C22H30N4O2/c1-27(2,3)17-20(32)18-31(4)26-21-8-7-9-22(21)29-25(30-26)23-16-19(11-13-28-23)12-15-34-24-10-5-6-14-33-24;1-22(2,3)13-16(28)14-26(4)21-17-6-5-7-18(17)24-20(25-21)19-12-15(9-11-27)8-10-23-19/h11,13,16,24H,5-10,12,14-15,17-18H2,1-4H3;8,10,12,27H,5-7,9,11,13-14H2,1-4H3. The van der Waals surface area contributed by atoms with Crippen LogP contribution in [-0.2, 0) is 57.6 Å². The lowest BCUT2D eigenvalue weighted by molar-refractivity contribution is -0.161. The number of carbonyl (C=O) groups excluding carboxylic acids is 2. The number of aliphatic hydroxyl groups is 1. The largest absolute Gasteiger partial charge is 0.396 e. The quantitative estimate of drug-likeness (QED) is 0.118. The van der Waals surface area contributed by atoms with Crippen molar-refractivity contribution in [1.29, 1.82) is 0 Å². The van der Waals surface area contributed by atoms with E-state index in [0.717, 1.165) is 110 Å². The van der Waals surface area contributed by atoms with Crippen molar-refractivity contribution in [2.75, 3.05) is 56.8 Å². The Balaban J connectivity index is 0.000000211. The molecule has 4 aromatic rings. The molecule has 62 heavy (non-hydrogen) atoms. The molecule has 0 saturated carbocycles. The van der Waals surface area contributed by atoms with Crippen LogP contribution in [0.3, 0.4) is 0 Å². The predicted molar refractivity (Wildman–Crippen MR) is 243 cm³/mol. The number of Topliss-reactive ketones (excluding diaryl/α,β-unsaturated/α-hetero) is 2. The molecule has 0 aromatic carbocycles. The molecule has 1 unspecified atom stereocenters. The number of nitrogens with zero attached hydrogens (tertiary/aromatic N) is 8. The Bertz CT molecular complexity index is 2160. The molecule has 0 bridgehead atoms. The van der Waals surface area contributed by atoms with Crippen LogP contribution in [0.5, 0.6) is 0 Å². The number of rotatable bonds is 16. The molecule has 2 aliphatic carbocycles. The van der Waals surface area contributed by atoms with E-state index >= 15 is 0 Å². The molecule has 0 radical (unpaired) electrons. The highest BCUT2D eigenvalue weighted by Crippen LogP contribution is 2.33. The van der Waals surface area contributed by atoms with Crippen LogP contribution in [0.4, 0.5) is 11.6 Å². The average Bonchev–Trinajstić information content (AvgIpc) is 3.90. The van der Waals surface area contributed by atoms with Crippen LogP contribution < -0.4 is 9.80 Å². The van der Waals surface area contributed by atoms with Gasteiger partial charge in [-0.3, -0.25) is 19.6 Å². The monoisotopic (exact) mass is 849 g/mol. The second-order valence-electron chi connectivity index (χ2n) is 19.6. The zero-order valence-electron chi connectivity index (χ0n) is 38.4. The Labute approximate surface area is 368 Å². The minimum Gasteiger partial charge on any atom is -0.396 e. The molecule has 1 fully saturated rings. The normalized spacial score (nSPS) is 16.0. The molecule has 0 amide bonds. The van der Waals surface area contributed by atoms with Crippen LogP contribution >= 0.6 is 0 Å². The minimum atomic E-state index is -0.0748. The first-order valence-corrected chi connectivity index (χ1v) is 22.5. The average molecular weight is 849 g/mol. The molecule has 334 valence electrons. The van der Waals surface area contributed by atoms with E-state index in [1.54, 1.807) is 6.20 Å². The van der Waals surface area contributed by atoms with E-state index in [1.165, 1.54) is 12.0 Å². The van der Waals surface area contributed by atoms with E-state index in [0.29, 0.717) is 56.3 Å². The number of aromatic nitrogens is 6. The van der Waals surface area contributed by atoms with Gasteiger partial charge in [0, 0.05) is 75.1 Å². The highest BCUT2D eigenvalue weighted by molar-refractivity contribution is 5.84. The molecule has 0 spiro atoms. The smallest absolute Gasteiger partial charge is 0.180 e. The fraction of sp³-hybridized carbons (Fsp3) is 0.592. The van der Waals surface area contributed by atoms with Crippen molar-refractivity contribution in [3.8, 4) is 23.0 Å². The number of carbonyl (C=O) groups is 2. The summed E-state index contributed by atoms with van der Waals surface area (Å²) in [6.07, 6.45) is 15.1. The highest BCUT2D eigenvalue weighted by Gasteiger charge is 2.27. The lowest BCUT2D eigenvalue weighted by Crippen LogP contribution is -2.30. The number of ketones is 2. The molecule has 1 N–H and O–H groups in total. The van der Waals surface area contributed by atoms with Crippen molar-refractivity contribution in [2.45, 2.75) is 131 Å². The van der Waals surface area contributed by atoms with Gasteiger partial charge in [-0.2, -0.15) is 0 Å². The molecule has 13 nitrogen and oxygen atoms in total. The van der Waals surface area contributed by atoms with Gasteiger partial charge in [-0.15, -0.1) is 0 Å². The van der Waals surface area contributed by atoms with Gasteiger partial charge in [0.1, 0.15) is 23.0 Å². The molecule has 7 rings (SSSR count). The Morgan fingerprint density at radius 2 is 1.21 bits per heavy atom. The summed E-state index contributed by atoms with van der Waals surface area (Å²) in [6, 6.07) is 7.89. The van der Waals surface area contributed by atoms with Crippen molar-refractivity contribution >= 4 is 23.2 Å². The molecule has 13 heteroatoms. The van der Waals surface area contributed by atoms with E-state index in [9.17, 15) is 14.7 Å². The lowest BCUT2D eigenvalue weighted by Gasteiger charge is -2.23. The van der Waals surface area contributed by atoms with Gasteiger partial charge in [0.25, 0.3) is 0 Å². The van der Waals surface area contributed by atoms with Gasteiger partial charge in [0.15, 0.2) is 29.5 Å². The van der Waals surface area contributed by atoms with Crippen LogP contribution in [0, 0.1) is 10.8 Å². The van der Waals surface area contributed by atoms with Crippen LogP contribution in [-0.4, -0.2) is 99.9 Å². The van der Waals surface area contributed by atoms with Crippen molar-refractivity contribution in [1.82, 2.24) is 29.9 Å². The summed E-state index contributed by atoms with van der Waals surface area (Å²) >= 11 is 0.